The topological polar surface area (TPSA) is 41.8 Å². The van der Waals surface area contributed by atoms with Crippen LogP contribution in [-0.4, -0.2) is 16.6 Å². The summed E-state index contributed by atoms with van der Waals surface area (Å²) < 4.78 is 0. The van der Waals surface area contributed by atoms with Crippen molar-refractivity contribution < 1.29 is 9.94 Å². The predicted molar refractivity (Wildman–Crippen MR) is 36.5 cm³/mol. The van der Waals surface area contributed by atoms with Crippen molar-refractivity contribution in [1.29, 1.82) is 0 Å². The van der Waals surface area contributed by atoms with Gasteiger partial charge in [0.25, 0.3) is 0 Å². The largest absolute Gasteiger partial charge is 0.360 e. The SMILES string of the molecule is CC1=NOC2(O)CCCC12. The quantitative estimate of drug-likeness (QED) is 0.544. The molecular weight excluding hydrogens is 130 g/mol. The van der Waals surface area contributed by atoms with Crippen molar-refractivity contribution in [3.8, 4) is 0 Å². The van der Waals surface area contributed by atoms with Crippen LogP contribution in [0.4, 0.5) is 0 Å². The minimum absolute atomic E-state index is 0.174. The third kappa shape index (κ3) is 0.611. The Morgan fingerprint density at radius 2 is 2.60 bits per heavy atom. The number of hydrogen-bond acceptors (Lipinski definition) is 3. The molecule has 56 valence electrons. The summed E-state index contributed by atoms with van der Waals surface area (Å²) in [6.45, 7) is 1.91. The summed E-state index contributed by atoms with van der Waals surface area (Å²) in [5.41, 5.74) is 0.944. The molecule has 2 rings (SSSR count). The standard InChI is InChI=1S/C7H11NO2/c1-5-6-3-2-4-7(6,9)10-8-5/h6,9H,2-4H2,1H3. The molecule has 2 aliphatic rings. The summed E-state index contributed by atoms with van der Waals surface area (Å²) in [7, 11) is 0. The van der Waals surface area contributed by atoms with Crippen molar-refractivity contribution in [1.82, 2.24) is 0 Å². The first-order chi connectivity index (χ1) is 4.72. The van der Waals surface area contributed by atoms with Gasteiger partial charge in [0, 0.05) is 6.42 Å². The Morgan fingerprint density at radius 1 is 1.80 bits per heavy atom. The van der Waals surface area contributed by atoms with Crippen molar-refractivity contribution >= 4 is 5.71 Å². The van der Waals surface area contributed by atoms with E-state index in [1.54, 1.807) is 0 Å². The minimum Gasteiger partial charge on any atom is -0.360 e. The Balaban J connectivity index is 2.27. The molecule has 2 atom stereocenters. The Morgan fingerprint density at radius 3 is 3.30 bits per heavy atom. The number of hydrogen-bond donors (Lipinski definition) is 1. The van der Waals surface area contributed by atoms with E-state index < -0.39 is 5.79 Å². The van der Waals surface area contributed by atoms with Crippen LogP contribution in [0.15, 0.2) is 5.16 Å². The van der Waals surface area contributed by atoms with E-state index in [4.69, 9.17) is 4.84 Å². The van der Waals surface area contributed by atoms with E-state index in [1.807, 2.05) is 6.92 Å². The molecule has 2 unspecified atom stereocenters. The molecule has 1 fully saturated rings. The normalized spacial score (nSPS) is 44.6. The molecule has 0 saturated heterocycles. The molecule has 0 aromatic heterocycles. The van der Waals surface area contributed by atoms with Gasteiger partial charge in [0.05, 0.1) is 11.6 Å². The van der Waals surface area contributed by atoms with Crippen LogP contribution in [0.3, 0.4) is 0 Å². The average Bonchev–Trinajstić information content (AvgIpc) is 2.35. The third-order valence-corrected chi connectivity index (χ3v) is 2.42. The maximum Gasteiger partial charge on any atom is 0.242 e. The summed E-state index contributed by atoms with van der Waals surface area (Å²) in [5.74, 6) is -0.753. The molecule has 0 aromatic rings. The predicted octanol–water partition coefficient (Wildman–Crippen LogP) is 0.881. The summed E-state index contributed by atoms with van der Waals surface area (Å²) in [5, 5.41) is 13.4. The van der Waals surface area contributed by atoms with Gasteiger partial charge < -0.3 is 9.94 Å². The Labute approximate surface area is 59.7 Å². The van der Waals surface area contributed by atoms with Gasteiger partial charge in [0.2, 0.25) is 5.79 Å². The molecule has 0 amide bonds. The monoisotopic (exact) mass is 141 g/mol. The lowest BCUT2D eigenvalue weighted by Crippen LogP contribution is -2.32. The summed E-state index contributed by atoms with van der Waals surface area (Å²) in [6, 6.07) is 0. The fraction of sp³-hybridized carbons (Fsp3) is 0.857. The van der Waals surface area contributed by atoms with Gasteiger partial charge in [0.1, 0.15) is 0 Å². The maximum atomic E-state index is 9.66. The van der Waals surface area contributed by atoms with Gasteiger partial charge in [-0.25, -0.2) is 0 Å². The highest BCUT2D eigenvalue weighted by molar-refractivity contribution is 5.86. The maximum absolute atomic E-state index is 9.66. The van der Waals surface area contributed by atoms with E-state index in [0.29, 0.717) is 0 Å². The highest BCUT2D eigenvalue weighted by Crippen LogP contribution is 2.41. The molecular formula is C7H11NO2. The van der Waals surface area contributed by atoms with Crippen LogP contribution in [0.1, 0.15) is 26.2 Å². The minimum atomic E-state index is -0.927. The zero-order chi connectivity index (χ0) is 7.19. The van der Waals surface area contributed by atoms with Gasteiger partial charge >= 0.3 is 0 Å². The smallest absolute Gasteiger partial charge is 0.242 e. The Bertz CT molecular complexity index is 190. The number of fused-ring (bicyclic) bond motifs is 1. The molecule has 1 aliphatic carbocycles. The number of nitrogens with zero attached hydrogens (tertiary/aromatic N) is 1. The second-order valence-corrected chi connectivity index (χ2v) is 3.11. The second kappa shape index (κ2) is 1.72. The molecule has 1 aliphatic heterocycles. The van der Waals surface area contributed by atoms with E-state index in [0.717, 1.165) is 25.0 Å². The zero-order valence-corrected chi connectivity index (χ0v) is 6.00. The highest BCUT2D eigenvalue weighted by Gasteiger charge is 2.49. The van der Waals surface area contributed by atoms with Gasteiger partial charge in [-0.05, 0) is 19.8 Å². The van der Waals surface area contributed by atoms with E-state index in [-0.39, 0.29) is 5.92 Å². The molecule has 1 N–H and O–H groups in total. The first kappa shape index (κ1) is 6.16. The lowest BCUT2D eigenvalue weighted by molar-refractivity contribution is -0.196. The Kier molecular flexibility index (Phi) is 1.06. The van der Waals surface area contributed by atoms with Gasteiger partial charge in [-0.1, -0.05) is 5.16 Å². The lowest BCUT2D eigenvalue weighted by Gasteiger charge is -2.18. The Hall–Kier alpha value is -0.570. The van der Waals surface area contributed by atoms with Gasteiger partial charge in [0.15, 0.2) is 0 Å². The van der Waals surface area contributed by atoms with E-state index >= 15 is 0 Å². The number of oxime groups is 1. The van der Waals surface area contributed by atoms with Crippen LogP contribution in [0.25, 0.3) is 0 Å². The number of aliphatic hydroxyl groups is 1. The second-order valence-electron chi connectivity index (χ2n) is 3.11. The van der Waals surface area contributed by atoms with Gasteiger partial charge in [-0.2, -0.15) is 0 Å². The van der Waals surface area contributed by atoms with Crippen molar-refractivity contribution in [2.24, 2.45) is 11.1 Å². The van der Waals surface area contributed by atoms with Crippen molar-refractivity contribution in [2.45, 2.75) is 32.0 Å². The van der Waals surface area contributed by atoms with Gasteiger partial charge in [-0.3, -0.25) is 0 Å². The molecule has 0 spiro atoms. The van der Waals surface area contributed by atoms with Gasteiger partial charge in [-0.15, -0.1) is 0 Å². The molecule has 10 heavy (non-hydrogen) atoms. The summed E-state index contributed by atoms with van der Waals surface area (Å²) in [6.07, 6.45) is 2.80. The van der Waals surface area contributed by atoms with E-state index in [9.17, 15) is 5.11 Å². The summed E-state index contributed by atoms with van der Waals surface area (Å²) in [4.78, 5) is 4.92. The molecule has 0 bridgehead atoms. The van der Waals surface area contributed by atoms with Crippen LogP contribution >= 0.6 is 0 Å². The highest BCUT2D eigenvalue weighted by atomic mass is 16.7. The molecule has 1 saturated carbocycles. The van der Waals surface area contributed by atoms with Crippen molar-refractivity contribution in [3.63, 3.8) is 0 Å². The summed E-state index contributed by atoms with van der Waals surface area (Å²) >= 11 is 0. The third-order valence-electron chi connectivity index (χ3n) is 2.42. The first-order valence-electron chi connectivity index (χ1n) is 3.67. The molecule has 3 nitrogen and oxygen atoms in total. The van der Waals surface area contributed by atoms with Crippen LogP contribution in [0.2, 0.25) is 0 Å². The van der Waals surface area contributed by atoms with Crippen LogP contribution in [-0.2, 0) is 4.84 Å². The van der Waals surface area contributed by atoms with Crippen LogP contribution in [0.5, 0.6) is 0 Å². The molecule has 0 radical (unpaired) electrons. The first-order valence-corrected chi connectivity index (χ1v) is 3.67. The van der Waals surface area contributed by atoms with E-state index in [1.165, 1.54) is 0 Å². The van der Waals surface area contributed by atoms with Crippen LogP contribution < -0.4 is 0 Å². The van der Waals surface area contributed by atoms with E-state index in [2.05, 4.69) is 5.16 Å². The van der Waals surface area contributed by atoms with Crippen molar-refractivity contribution in [3.05, 3.63) is 0 Å². The fourth-order valence-electron chi connectivity index (χ4n) is 1.82. The molecule has 3 heteroatoms. The number of rotatable bonds is 0. The van der Waals surface area contributed by atoms with Crippen LogP contribution in [0, 0.1) is 5.92 Å². The average molecular weight is 141 g/mol. The molecule has 1 heterocycles. The van der Waals surface area contributed by atoms with Crippen molar-refractivity contribution in [2.75, 3.05) is 0 Å². The lowest BCUT2D eigenvalue weighted by atomic mass is 9.99. The molecule has 0 aromatic carbocycles. The fourth-order valence-corrected chi connectivity index (χ4v) is 1.82. The zero-order valence-electron chi connectivity index (χ0n) is 6.00.